The lowest BCUT2D eigenvalue weighted by Crippen LogP contribution is -2.61. The van der Waals surface area contributed by atoms with Crippen molar-refractivity contribution in [1.82, 2.24) is 0 Å². The minimum Gasteiger partial charge on any atom is -0.508 e. The fraction of sp³-hybridized carbons (Fsp3) is 0.583. The zero-order valence-electron chi connectivity index (χ0n) is 19.5. The van der Waals surface area contributed by atoms with Crippen molar-refractivity contribution in [3.63, 3.8) is 0 Å². The van der Waals surface area contributed by atoms with Crippen LogP contribution in [0.5, 0.6) is 5.75 Å². The normalized spacial score (nSPS) is 36.2. The van der Waals surface area contributed by atoms with Gasteiger partial charge in [0.15, 0.2) is 6.29 Å². The van der Waals surface area contributed by atoms with Gasteiger partial charge in [-0.1, -0.05) is 12.1 Å². The Kier molecular flexibility index (Phi) is 8.13. The first kappa shape index (κ1) is 26.3. The number of carbonyl (C=O) groups is 2. The molecule has 3 aliphatic rings. The van der Waals surface area contributed by atoms with Crippen LogP contribution in [0.3, 0.4) is 0 Å². The summed E-state index contributed by atoms with van der Waals surface area (Å²) in [6, 6.07) is 6.48. The Bertz CT molecular complexity index is 960. The predicted molar refractivity (Wildman–Crippen MR) is 118 cm³/mol. The summed E-state index contributed by atoms with van der Waals surface area (Å²) >= 11 is 0. The molecule has 9 atom stereocenters. The molecule has 0 radical (unpaired) electrons. The molecule has 12 nitrogen and oxygen atoms in total. The Morgan fingerprint density at radius 3 is 2.50 bits per heavy atom. The van der Waals surface area contributed by atoms with Gasteiger partial charge in [-0.3, -0.25) is 4.79 Å². The standard InChI is InChI=1S/C24H30O12/c1-11-18-14(8-17(27)34-11)15(22(31)32-7-6-12-2-4-13(26)5-3-12)10-33-23(18)36-24-21(30)20(29)19(28)16(9-25)35-24/h2-5,10-11,14,16,18-21,23-26,28-30H,6-9H2,1H3/t11-,14+,16-,18-,19-,20+,21-,23+,24-/m0/s1. The summed E-state index contributed by atoms with van der Waals surface area (Å²) in [6.07, 6.45) is -7.95. The van der Waals surface area contributed by atoms with Gasteiger partial charge >= 0.3 is 11.9 Å². The Balaban J connectivity index is 1.46. The molecule has 36 heavy (non-hydrogen) atoms. The fourth-order valence-corrected chi connectivity index (χ4v) is 4.67. The van der Waals surface area contributed by atoms with Crippen LogP contribution in [0, 0.1) is 11.8 Å². The van der Waals surface area contributed by atoms with Crippen molar-refractivity contribution in [3.05, 3.63) is 41.7 Å². The minimum absolute atomic E-state index is 0.0587. The number of rotatable bonds is 7. The van der Waals surface area contributed by atoms with Gasteiger partial charge in [0.25, 0.3) is 0 Å². The monoisotopic (exact) mass is 510 g/mol. The fourth-order valence-electron chi connectivity index (χ4n) is 4.67. The van der Waals surface area contributed by atoms with Crippen molar-refractivity contribution in [3.8, 4) is 5.75 Å². The van der Waals surface area contributed by atoms with Crippen molar-refractivity contribution in [2.75, 3.05) is 13.2 Å². The second-order valence-electron chi connectivity index (χ2n) is 9.05. The van der Waals surface area contributed by atoms with Crippen molar-refractivity contribution in [2.45, 2.75) is 62.9 Å². The number of aliphatic hydroxyl groups excluding tert-OH is 4. The highest BCUT2D eigenvalue weighted by atomic mass is 16.8. The molecular weight excluding hydrogens is 480 g/mol. The summed E-state index contributed by atoms with van der Waals surface area (Å²) < 4.78 is 27.5. The molecule has 12 heteroatoms. The second kappa shape index (κ2) is 11.1. The Hall–Kier alpha value is -2.74. The summed E-state index contributed by atoms with van der Waals surface area (Å²) in [7, 11) is 0. The number of aromatic hydroxyl groups is 1. The van der Waals surface area contributed by atoms with E-state index in [-0.39, 0.29) is 24.4 Å². The third kappa shape index (κ3) is 5.48. The molecule has 0 aromatic heterocycles. The molecule has 4 rings (SSSR count). The largest absolute Gasteiger partial charge is 0.508 e. The quantitative estimate of drug-likeness (QED) is 0.286. The van der Waals surface area contributed by atoms with E-state index in [2.05, 4.69) is 0 Å². The van der Waals surface area contributed by atoms with Crippen LogP contribution in [0.1, 0.15) is 18.9 Å². The lowest BCUT2D eigenvalue weighted by molar-refractivity contribution is -0.346. The van der Waals surface area contributed by atoms with Crippen molar-refractivity contribution >= 4 is 11.9 Å². The second-order valence-corrected chi connectivity index (χ2v) is 9.05. The van der Waals surface area contributed by atoms with E-state index in [1.807, 2.05) is 0 Å². The van der Waals surface area contributed by atoms with Crippen LogP contribution in [-0.4, -0.2) is 93.8 Å². The number of fused-ring (bicyclic) bond motifs is 1. The summed E-state index contributed by atoms with van der Waals surface area (Å²) in [6.45, 7) is 1.04. The van der Waals surface area contributed by atoms with Gasteiger partial charge in [0.05, 0.1) is 37.4 Å². The topological polar surface area (TPSA) is 181 Å². The van der Waals surface area contributed by atoms with Crippen molar-refractivity contribution in [2.24, 2.45) is 11.8 Å². The number of hydrogen-bond acceptors (Lipinski definition) is 12. The first-order valence-electron chi connectivity index (χ1n) is 11.7. The molecule has 5 N–H and O–H groups in total. The van der Waals surface area contributed by atoms with Gasteiger partial charge < -0.3 is 49.2 Å². The number of phenolic OH excluding ortho intramolecular Hbond substituents is 1. The van der Waals surface area contributed by atoms with Crippen LogP contribution >= 0.6 is 0 Å². The van der Waals surface area contributed by atoms with E-state index >= 15 is 0 Å². The van der Waals surface area contributed by atoms with Crippen molar-refractivity contribution in [1.29, 1.82) is 0 Å². The number of carbonyl (C=O) groups excluding carboxylic acids is 2. The molecule has 0 bridgehead atoms. The molecule has 0 unspecified atom stereocenters. The maximum absolute atomic E-state index is 12.9. The van der Waals surface area contributed by atoms with Crippen LogP contribution in [0.15, 0.2) is 36.1 Å². The highest BCUT2D eigenvalue weighted by molar-refractivity contribution is 5.90. The van der Waals surface area contributed by atoms with E-state index < -0.39 is 73.5 Å². The van der Waals surface area contributed by atoms with E-state index in [0.717, 1.165) is 11.8 Å². The number of phenols is 1. The van der Waals surface area contributed by atoms with E-state index in [9.17, 15) is 35.1 Å². The lowest BCUT2D eigenvalue weighted by atomic mass is 9.77. The van der Waals surface area contributed by atoms with Gasteiger partial charge in [-0.25, -0.2) is 4.79 Å². The molecule has 0 spiro atoms. The smallest absolute Gasteiger partial charge is 0.337 e. The number of ether oxygens (including phenoxy) is 5. The van der Waals surface area contributed by atoms with Gasteiger partial charge in [0, 0.05) is 12.3 Å². The SMILES string of the molecule is C[C@@H]1OC(=O)C[C@@H]2C(C(=O)OCCc3ccc(O)cc3)=CO[C@H](O[C@@H]3O[C@@H](CO)[C@H](O)[C@@H](O)[C@@H]3O)[C@@H]12. The lowest BCUT2D eigenvalue weighted by Gasteiger charge is -2.45. The Morgan fingerprint density at radius 1 is 1.08 bits per heavy atom. The van der Waals surface area contributed by atoms with Gasteiger partial charge in [-0.2, -0.15) is 0 Å². The Morgan fingerprint density at radius 2 is 1.81 bits per heavy atom. The zero-order valence-corrected chi connectivity index (χ0v) is 19.5. The van der Waals surface area contributed by atoms with Crippen LogP contribution in [0.2, 0.25) is 0 Å². The predicted octanol–water partition coefficient (Wildman–Crippen LogP) is -0.898. The van der Waals surface area contributed by atoms with Crippen LogP contribution in [0.25, 0.3) is 0 Å². The molecule has 2 fully saturated rings. The zero-order chi connectivity index (χ0) is 26.0. The number of cyclic esters (lactones) is 1. The molecule has 3 aliphatic heterocycles. The van der Waals surface area contributed by atoms with Crippen LogP contribution in [0.4, 0.5) is 0 Å². The van der Waals surface area contributed by atoms with E-state index in [1.54, 1.807) is 19.1 Å². The number of aliphatic hydroxyl groups is 4. The third-order valence-corrected chi connectivity index (χ3v) is 6.67. The third-order valence-electron chi connectivity index (χ3n) is 6.67. The molecule has 3 heterocycles. The number of esters is 2. The minimum atomic E-state index is -1.65. The molecule has 2 saturated heterocycles. The number of benzene rings is 1. The molecule has 0 aliphatic carbocycles. The van der Waals surface area contributed by atoms with Crippen LogP contribution < -0.4 is 0 Å². The summed E-state index contributed by atoms with van der Waals surface area (Å²) in [5, 5.41) is 49.1. The molecule has 1 aromatic carbocycles. The molecule has 198 valence electrons. The average Bonchev–Trinajstić information content (AvgIpc) is 2.85. The number of hydrogen-bond donors (Lipinski definition) is 5. The highest BCUT2D eigenvalue weighted by Gasteiger charge is 2.52. The first-order chi connectivity index (χ1) is 17.2. The highest BCUT2D eigenvalue weighted by Crippen LogP contribution is 2.41. The maximum Gasteiger partial charge on any atom is 0.337 e. The summed E-state index contributed by atoms with van der Waals surface area (Å²) in [5.41, 5.74) is 0.984. The first-order valence-corrected chi connectivity index (χ1v) is 11.7. The van der Waals surface area contributed by atoms with Gasteiger partial charge in [0.1, 0.15) is 36.3 Å². The summed E-state index contributed by atoms with van der Waals surface area (Å²) in [4.78, 5) is 25.0. The van der Waals surface area contributed by atoms with Gasteiger partial charge in [0.2, 0.25) is 6.29 Å². The van der Waals surface area contributed by atoms with Gasteiger partial charge in [-0.05, 0) is 24.6 Å². The van der Waals surface area contributed by atoms with Crippen molar-refractivity contribution < 1.29 is 58.8 Å². The summed E-state index contributed by atoms with van der Waals surface area (Å²) in [5.74, 6) is -2.41. The molecule has 0 saturated carbocycles. The Labute approximate surface area is 206 Å². The molecule has 1 aromatic rings. The molecular formula is C24H30O12. The maximum atomic E-state index is 12.9. The van der Waals surface area contributed by atoms with E-state index in [1.165, 1.54) is 12.1 Å². The average molecular weight is 510 g/mol. The van der Waals surface area contributed by atoms with Gasteiger partial charge in [-0.15, -0.1) is 0 Å². The van der Waals surface area contributed by atoms with Crippen LogP contribution in [-0.2, 0) is 39.7 Å². The van der Waals surface area contributed by atoms with E-state index in [0.29, 0.717) is 6.42 Å². The molecule has 0 amide bonds. The van der Waals surface area contributed by atoms with E-state index in [4.69, 9.17) is 23.7 Å².